The highest BCUT2D eigenvalue weighted by Gasteiger charge is 2.47. The number of alkyl halides is 2. The standard InChI is InChI=1S/C9H14F2O2S/c10-9(11,14(12)13)5-8-4-6-1-2-7(8)3-6/h6-8H,1-5H2,(H,12,13)/t6-,7+,8?/m1/s1. The first-order valence-electron chi connectivity index (χ1n) is 4.98. The summed E-state index contributed by atoms with van der Waals surface area (Å²) in [6.45, 7) is 0. The van der Waals surface area contributed by atoms with Crippen LogP contribution in [0.3, 0.4) is 0 Å². The first kappa shape index (κ1) is 10.5. The molecule has 4 atom stereocenters. The van der Waals surface area contributed by atoms with E-state index < -0.39 is 22.8 Å². The monoisotopic (exact) mass is 224 g/mol. The molecular weight excluding hydrogens is 210 g/mol. The van der Waals surface area contributed by atoms with Crippen molar-refractivity contribution < 1.29 is 17.5 Å². The topological polar surface area (TPSA) is 37.3 Å². The van der Waals surface area contributed by atoms with Gasteiger partial charge in [-0.3, -0.25) is 0 Å². The van der Waals surface area contributed by atoms with E-state index in [9.17, 15) is 13.0 Å². The molecule has 0 heterocycles. The predicted octanol–water partition coefficient (Wildman–Crippen LogP) is 2.63. The van der Waals surface area contributed by atoms with E-state index in [1.807, 2.05) is 0 Å². The maximum atomic E-state index is 13.0. The molecule has 0 aromatic carbocycles. The van der Waals surface area contributed by atoms with Crippen LogP contribution < -0.4 is 0 Å². The molecule has 1 N–H and O–H groups in total. The second-order valence-corrected chi connectivity index (χ2v) is 5.62. The molecule has 2 fully saturated rings. The Kier molecular flexibility index (Phi) is 2.64. The largest absolute Gasteiger partial charge is 0.345 e. The van der Waals surface area contributed by atoms with Crippen LogP contribution in [-0.4, -0.2) is 14.0 Å². The number of rotatable bonds is 3. The van der Waals surface area contributed by atoms with Crippen LogP contribution in [-0.2, 0) is 11.1 Å². The minimum absolute atomic E-state index is 0.0279. The second-order valence-electron chi connectivity index (χ2n) is 4.53. The third-order valence-corrected chi connectivity index (χ3v) is 4.32. The van der Waals surface area contributed by atoms with Crippen LogP contribution in [0, 0.1) is 17.8 Å². The van der Waals surface area contributed by atoms with E-state index in [2.05, 4.69) is 0 Å². The quantitative estimate of drug-likeness (QED) is 0.748. The zero-order chi connectivity index (χ0) is 10.3. The van der Waals surface area contributed by atoms with Gasteiger partial charge in [-0.15, -0.1) is 0 Å². The molecule has 0 amide bonds. The zero-order valence-corrected chi connectivity index (χ0v) is 8.60. The van der Waals surface area contributed by atoms with Gasteiger partial charge in [0.2, 0.25) is 11.1 Å². The Hall–Kier alpha value is -0.0300. The van der Waals surface area contributed by atoms with Gasteiger partial charge in [0.25, 0.3) is 0 Å². The summed E-state index contributed by atoms with van der Waals surface area (Å²) < 4.78 is 44.8. The molecule has 2 bridgehead atoms. The Balaban J connectivity index is 1.95. The van der Waals surface area contributed by atoms with Crippen molar-refractivity contribution in [3.63, 3.8) is 0 Å². The van der Waals surface area contributed by atoms with E-state index in [0.29, 0.717) is 11.8 Å². The summed E-state index contributed by atoms with van der Waals surface area (Å²) in [5.41, 5.74) is 0. The highest BCUT2D eigenvalue weighted by Crippen LogP contribution is 2.51. The maximum absolute atomic E-state index is 13.0. The number of hydrogen-bond acceptors (Lipinski definition) is 1. The van der Waals surface area contributed by atoms with Crippen LogP contribution in [0.2, 0.25) is 0 Å². The van der Waals surface area contributed by atoms with Crippen LogP contribution in [0.5, 0.6) is 0 Å². The molecule has 2 nitrogen and oxygen atoms in total. The molecule has 0 saturated heterocycles. The fraction of sp³-hybridized carbons (Fsp3) is 1.00. The molecule has 2 aliphatic rings. The lowest BCUT2D eigenvalue weighted by molar-refractivity contribution is 0.0497. The summed E-state index contributed by atoms with van der Waals surface area (Å²) in [6.07, 6.45) is 3.67. The first-order valence-corrected chi connectivity index (χ1v) is 6.08. The maximum Gasteiger partial charge on any atom is 0.345 e. The van der Waals surface area contributed by atoms with Gasteiger partial charge in [-0.05, 0) is 37.0 Å². The number of fused-ring (bicyclic) bond motifs is 2. The minimum Gasteiger partial charge on any atom is -0.301 e. The van der Waals surface area contributed by atoms with Gasteiger partial charge in [0.1, 0.15) is 0 Å². The number of hydrogen-bond donors (Lipinski definition) is 1. The van der Waals surface area contributed by atoms with Crippen LogP contribution in [0.4, 0.5) is 8.78 Å². The Morgan fingerprint density at radius 1 is 1.36 bits per heavy atom. The van der Waals surface area contributed by atoms with Gasteiger partial charge in [0, 0.05) is 6.42 Å². The summed E-state index contributed by atoms with van der Waals surface area (Å²) in [6, 6.07) is 0. The second kappa shape index (κ2) is 3.52. The van der Waals surface area contributed by atoms with Crippen molar-refractivity contribution in [2.45, 2.75) is 37.4 Å². The average molecular weight is 224 g/mol. The van der Waals surface area contributed by atoms with Gasteiger partial charge >= 0.3 is 5.25 Å². The van der Waals surface area contributed by atoms with Crippen molar-refractivity contribution in [1.29, 1.82) is 0 Å². The van der Waals surface area contributed by atoms with E-state index in [1.165, 1.54) is 0 Å². The van der Waals surface area contributed by atoms with Crippen molar-refractivity contribution in [2.75, 3.05) is 0 Å². The summed E-state index contributed by atoms with van der Waals surface area (Å²) >= 11 is -3.01. The van der Waals surface area contributed by atoms with Crippen molar-refractivity contribution in [3.05, 3.63) is 0 Å². The lowest BCUT2D eigenvalue weighted by Crippen LogP contribution is -2.28. The van der Waals surface area contributed by atoms with E-state index >= 15 is 0 Å². The van der Waals surface area contributed by atoms with Gasteiger partial charge in [-0.2, -0.15) is 8.78 Å². The molecular formula is C9H14F2O2S. The van der Waals surface area contributed by atoms with E-state index in [4.69, 9.17) is 4.55 Å². The summed E-state index contributed by atoms with van der Waals surface area (Å²) in [4.78, 5) is 0. The first-order chi connectivity index (χ1) is 6.49. The van der Waals surface area contributed by atoms with E-state index in [1.54, 1.807) is 0 Å². The number of halogens is 2. The van der Waals surface area contributed by atoms with Gasteiger partial charge in [0.15, 0.2) is 0 Å². The minimum atomic E-state index is -3.41. The van der Waals surface area contributed by atoms with Gasteiger partial charge in [0.05, 0.1) is 0 Å². The van der Waals surface area contributed by atoms with Crippen molar-refractivity contribution >= 4 is 11.1 Å². The van der Waals surface area contributed by atoms with Crippen molar-refractivity contribution in [3.8, 4) is 0 Å². The van der Waals surface area contributed by atoms with Gasteiger partial charge in [-0.1, -0.05) is 6.42 Å². The predicted molar refractivity (Wildman–Crippen MR) is 49.3 cm³/mol. The lowest BCUT2D eigenvalue weighted by Gasteiger charge is -2.24. The van der Waals surface area contributed by atoms with Crippen LogP contribution in [0.15, 0.2) is 0 Å². The molecule has 0 aliphatic heterocycles. The Morgan fingerprint density at radius 3 is 2.50 bits per heavy atom. The molecule has 2 unspecified atom stereocenters. The Morgan fingerprint density at radius 2 is 2.07 bits per heavy atom. The molecule has 5 heteroatoms. The molecule has 14 heavy (non-hydrogen) atoms. The van der Waals surface area contributed by atoms with Gasteiger partial charge in [-0.25, -0.2) is 4.21 Å². The summed E-state index contributed by atoms with van der Waals surface area (Å²) in [5.74, 6) is 0.960. The fourth-order valence-electron chi connectivity index (χ4n) is 3.00. The molecule has 0 aromatic heterocycles. The SMILES string of the molecule is O=S(O)C(F)(F)CC1C[C@@H]2CC[C@H]1C2. The summed E-state index contributed by atoms with van der Waals surface area (Å²) in [5, 5.41) is -3.41. The lowest BCUT2D eigenvalue weighted by atomic mass is 9.86. The third kappa shape index (κ3) is 1.84. The van der Waals surface area contributed by atoms with Gasteiger partial charge < -0.3 is 4.55 Å². The molecule has 0 aromatic rings. The summed E-state index contributed by atoms with van der Waals surface area (Å²) in [7, 11) is 0. The zero-order valence-electron chi connectivity index (χ0n) is 7.79. The molecule has 2 rings (SSSR count). The van der Waals surface area contributed by atoms with E-state index in [0.717, 1.165) is 25.7 Å². The van der Waals surface area contributed by atoms with Crippen molar-refractivity contribution in [2.24, 2.45) is 17.8 Å². The molecule has 0 radical (unpaired) electrons. The average Bonchev–Trinajstić information content (AvgIpc) is 2.63. The third-order valence-electron chi connectivity index (χ3n) is 3.64. The van der Waals surface area contributed by atoms with Crippen molar-refractivity contribution in [1.82, 2.24) is 0 Å². The molecule has 82 valence electrons. The van der Waals surface area contributed by atoms with Crippen LogP contribution in [0.1, 0.15) is 32.1 Å². The van der Waals surface area contributed by atoms with E-state index in [-0.39, 0.29) is 5.92 Å². The Bertz CT molecular complexity index is 257. The van der Waals surface area contributed by atoms with Crippen LogP contribution >= 0.6 is 0 Å². The fourth-order valence-corrected chi connectivity index (χ4v) is 3.36. The molecule has 2 saturated carbocycles. The highest BCUT2D eigenvalue weighted by atomic mass is 32.2. The molecule has 0 spiro atoms. The highest BCUT2D eigenvalue weighted by molar-refractivity contribution is 7.80. The smallest absolute Gasteiger partial charge is 0.301 e. The molecule has 2 aliphatic carbocycles. The Labute approximate surface area is 84.4 Å². The normalized spacial score (nSPS) is 38.9. The van der Waals surface area contributed by atoms with Crippen LogP contribution in [0.25, 0.3) is 0 Å².